The van der Waals surface area contributed by atoms with Crippen molar-refractivity contribution in [2.45, 2.75) is 19.8 Å². The third-order valence-electron chi connectivity index (χ3n) is 3.25. The van der Waals surface area contributed by atoms with Gasteiger partial charge in [-0.1, -0.05) is 18.5 Å². The summed E-state index contributed by atoms with van der Waals surface area (Å²) in [6, 6.07) is 4.81. The molecule has 2 rings (SSSR count). The van der Waals surface area contributed by atoms with Gasteiger partial charge in [-0.15, -0.1) is 0 Å². The van der Waals surface area contributed by atoms with Gasteiger partial charge in [0.2, 0.25) is 0 Å². The smallest absolute Gasteiger partial charge is 0.337 e. The molecule has 0 saturated heterocycles. The van der Waals surface area contributed by atoms with Crippen molar-refractivity contribution in [1.29, 1.82) is 0 Å². The van der Waals surface area contributed by atoms with E-state index in [-0.39, 0.29) is 5.56 Å². The highest BCUT2D eigenvalue weighted by atomic mass is 35.5. The average molecular weight is 254 g/mol. The van der Waals surface area contributed by atoms with E-state index < -0.39 is 5.97 Å². The van der Waals surface area contributed by atoms with Crippen LogP contribution in [-0.4, -0.2) is 17.6 Å². The maximum atomic E-state index is 11.0. The van der Waals surface area contributed by atoms with Gasteiger partial charge in [0, 0.05) is 11.6 Å². The lowest BCUT2D eigenvalue weighted by molar-refractivity contribution is 0.0698. The first kappa shape index (κ1) is 12.2. The zero-order chi connectivity index (χ0) is 12.4. The number of carboxylic acids is 1. The third-order valence-corrected chi connectivity index (χ3v) is 3.49. The third kappa shape index (κ3) is 3.13. The molecule has 92 valence electrons. The summed E-state index contributed by atoms with van der Waals surface area (Å²) >= 11 is 5.88. The number of rotatable bonds is 5. The molecule has 1 unspecified atom stereocenters. The summed E-state index contributed by atoms with van der Waals surface area (Å²) in [5.74, 6) is 0.453. The van der Waals surface area contributed by atoms with Gasteiger partial charge in [-0.3, -0.25) is 0 Å². The molecule has 1 aromatic rings. The molecule has 17 heavy (non-hydrogen) atoms. The second-order valence-electron chi connectivity index (χ2n) is 4.69. The monoisotopic (exact) mass is 253 g/mol. The molecule has 1 atom stereocenters. The van der Waals surface area contributed by atoms with Gasteiger partial charge in [-0.2, -0.15) is 0 Å². The van der Waals surface area contributed by atoms with Gasteiger partial charge < -0.3 is 10.4 Å². The molecule has 0 bridgehead atoms. The minimum absolute atomic E-state index is 0.275. The van der Waals surface area contributed by atoms with Crippen LogP contribution in [0.2, 0.25) is 5.02 Å². The van der Waals surface area contributed by atoms with Crippen molar-refractivity contribution < 1.29 is 9.90 Å². The molecule has 1 aromatic carbocycles. The topological polar surface area (TPSA) is 49.3 Å². The molecule has 0 heterocycles. The summed E-state index contributed by atoms with van der Waals surface area (Å²) in [6.07, 6.45) is 2.59. The largest absolute Gasteiger partial charge is 0.478 e. The number of carbonyl (C=O) groups is 1. The fraction of sp³-hybridized carbons (Fsp3) is 0.462. The van der Waals surface area contributed by atoms with E-state index in [0.29, 0.717) is 16.6 Å². The highest BCUT2D eigenvalue weighted by molar-refractivity contribution is 6.31. The molecule has 0 aliphatic heterocycles. The minimum atomic E-state index is -0.928. The van der Waals surface area contributed by atoms with Gasteiger partial charge in [0.15, 0.2) is 0 Å². The number of hydrogen-bond donors (Lipinski definition) is 2. The van der Waals surface area contributed by atoms with Crippen LogP contribution in [0.25, 0.3) is 0 Å². The van der Waals surface area contributed by atoms with Crippen molar-refractivity contribution in [3.63, 3.8) is 0 Å². The van der Waals surface area contributed by atoms with Crippen LogP contribution in [0.5, 0.6) is 0 Å². The van der Waals surface area contributed by atoms with E-state index in [1.807, 2.05) is 0 Å². The molecule has 4 heteroatoms. The normalized spacial score (nSPS) is 16.6. The van der Waals surface area contributed by atoms with Gasteiger partial charge in [0.1, 0.15) is 0 Å². The van der Waals surface area contributed by atoms with E-state index in [4.69, 9.17) is 16.7 Å². The Kier molecular flexibility index (Phi) is 3.57. The van der Waals surface area contributed by atoms with Crippen molar-refractivity contribution in [2.24, 2.45) is 11.8 Å². The molecule has 0 amide bonds. The standard InChI is InChI=1S/C13H16ClNO2/c1-8(9-2-3-9)7-15-12-6-10(14)4-5-11(12)13(16)17/h4-6,8-9,15H,2-3,7H2,1H3,(H,16,17). The molecule has 1 aliphatic rings. The number of halogens is 1. The van der Waals surface area contributed by atoms with E-state index in [9.17, 15) is 4.79 Å². The van der Waals surface area contributed by atoms with E-state index in [0.717, 1.165) is 12.5 Å². The van der Waals surface area contributed by atoms with E-state index in [2.05, 4.69) is 12.2 Å². The van der Waals surface area contributed by atoms with Crippen LogP contribution in [0.15, 0.2) is 18.2 Å². The zero-order valence-electron chi connectivity index (χ0n) is 9.74. The van der Waals surface area contributed by atoms with Crippen LogP contribution in [0, 0.1) is 11.8 Å². The summed E-state index contributed by atoms with van der Waals surface area (Å²) in [6.45, 7) is 2.99. The summed E-state index contributed by atoms with van der Waals surface area (Å²) in [4.78, 5) is 11.0. The van der Waals surface area contributed by atoms with Crippen molar-refractivity contribution in [2.75, 3.05) is 11.9 Å². The Morgan fingerprint density at radius 1 is 1.59 bits per heavy atom. The predicted octanol–water partition coefficient (Wildman–Crippen LogP) is 3.50. The van der Waals surface area contributed by atoms with Crippen molar-refractivity contribution >= 4 is 23.3 Å². The molecular formula is C13H16ClNO2. The van der Waals surface area contributed by atoms with E-state index >= 15 is 0 Å². The summed E-state index contributed by atoms with van der Waals surface area (Å²) in [5.41, 5.74) is 0.884. The number of carboxylic acid groups (broad SMARTS) is 1. The van der Waals surface area contributed by atoms with Crippen LogP contribution in [0.1, 0.15) is 30.1 Å². The second kappa shape index (κ2) is 4.96. The van der Waals surface area contributed by atoms with E-state index in [1.165, 1.54) is 18.9 Å². The summed E-state index contributed by atoms with van der Waals surface area (Å²) in [5, 5.41) is 12.8. The van der Waals surface area contributed by atoms with Gasteiger partial charge in [-0.05, 0) is 42.9 Å². The number of benzene rings is 1. The molecular weight excluding hydrogens is 238 g/mol. The predicted molar refractivity (Wildman–Crippen MR) is 68.8 cm³/mol. The minimum Gasteiger partial charge on any atom is -0.478 e. The Morgan fingerprint density at radius 3 is 2.88 bits per heavy atom. The Balaban J connectivity index is 2.07. The van der Waals surface area contributed by atoms with Crippen LogP contribution < -0.4 is 5.32 Å². The summed E-state index contributed by atoms with van der Waals surface area (Å²) < 4.78 is 0. The first-order valence-electron chi connectivity index (χ1n) is 5.84. The molecule has 1 fully saturated rings. The Bertz CT molecular complexity index is 429. The Labute approximate surface area is 106 Å². The van der Waals surface area contributed by atoms with Crippen LogP contribution in [-0.2, 0) is 0 Å². The Hall–Kier alpha value is -1.22. The number of hydrogen-bond acceptors (Lipinski definition) is 2. The SMILES string of the molecule is CC(CNc1cc(Cl)ccc1C(=O)O)C1CC1. The van der Waals surface area contributed by atoms with Gasteiger partial charge in [0.25, 0.3) is 0 Å². The van der Waals surface area contributed by atoms with Crippen molar-refractivity contribution in [1.82, 2.24) is 0 Å². The van der Waals surface area contributed by atoms with Crippen molar-refractivity contribution in [3.05, 3.63) is 28.8 Å². The van der Waals surface area contributed by atoms with Crippen LogP contribution in [0.4, 0.5) is 5.69 Å². The van der Waals surface area contributed by atoms with Crippen LogP contribution in [0.3, 0.4) is 0 Å². The lowest BCUT2D eigenvalue weighted by Gasteiger charge is -2.14. The van der Waals surface area contributed by atoms with Crippen molar-refractivity contribution in [3.8, 4) is 0 Å². The molecule has 1 aliphatic carbocycles. The molecule has 0 spiro atoms. The number of anilines is 1. The van der Waals surface area contributed by atoms with Gasteiger partial charge in [0.05, 0.1) is 11.3 Å². The van der Waals surface area contributed by atoms with Gasteiger partial charge >= 0.3 is 5.97 Å². The van der Waals surface area contributed by atoms with E-state index in [1.54, 1.807) is 12.1 Å². The maximum Gasteiger partial charge on any atom is 0.337 e. The zero-order valence-corrected chi connectivity index (χ0v) is 10.5. The first-order chi connectivity index (χ1) is 8.08. The Morgan fingerprint density at radius 2 is 2.29 bits per heavy atom. The molecule has 0 radical (unpaired) electrons. The lowest BCUT2D eigenvalue weighted by Crippen LogP contribution is -2.15. The number of aromatic carboxylic acids is 1. The second-order valence-corrected chi connectivity index (χ2v) is 5.13. The fourth-order valence-electron chi connectivity index (χ4n) is 1.95. The lowest BCUT2D eigenvalue weighted by atomic mass is 10.1. The fourth-order valence-corrected chi connectivity index (χ4v) is 2.12. The van der Waals surface area contributed by atoms with Gasteiger partial charge in [-0.25, -0.2) is 4.79 Å². The molecule has 1 saturated carbocycles. The van der Waals surface area contributed by atoms with Crippen LogP contribution >= 0.6 is 11.6 Å². The quantitative estimate of drug-likeness (QED) is 0.844. The summed E-state index contributed by atoms with van der Waals surface area (Å²) in [7, 11) is 0. The molecule has 3 nitrogen and oxygen atoms in total. The first-order valence-corrected chi connectivity index (χ1v) is 6.22. The average Bonchev–Trinajstić information content (AvgIpc) is 3.09. The molecule has 0 aromatic heterocycles. The maximum absolute atomic E-state index is 11.0. The highest BCUT2D eigenvalue weighted by Crippen LogP contribution is 2.36. The highest BCUT2D eigenvalue weighted by Gasteiger charge is 2.27. The number of nitrogens with one attached hydrogen (secondary N) is 1. The molecule has 2 N–H and O–H groups in total.